The first kappa shape index (κ1) is 21.2. The summed E-state index contributed by atoms with van der Waals surface area (Å²) >= 11 is 0. The number of amides is 1. The van der Waals surface area contributed by atoms with Crippen LogP contribution < -0.4 is 10.5 Å². The monoisotopic (exact) mass is 406 g/mol. The van der Waals surface area contributed by atoms with E-state index in [-0.39, 0.29) is 0 Å². The van der Waals surface area contributed by atoms with Crippen LogP contribution >= 0.6 is 0 Å². The zero-order chi connectivity index (χ0) is 21.8. The molecule has 0 aliphatic carbocycles. The molecule has 6 nitrogen and oxygen atoms in total. The number of nitrogens with zero attached hydrogens (tertiary/aromatic N) is 1. The standard InChI is InChI=1S/C24H26N2O4/c1-15-21(18-7-9-19(10-8-18)24(28)30-4)22(23(25)27)16(2)26(15)14-13-17-5-11-20(29-3)12-6-17/h5-12H,13-14H2,1-4H3,(H2,25,27). The van der Waals surface area contributed by atoms with Crippen LogP contribution in [0.4, 0.5) is 0 Å². The minimum absolute atomic E-state index is 0.401. The number of methoxy groups -OCH3 is 2. The van der Waals surface area contributed by atoms with E-state index in [2.05, 4.69) is 4.57 Å². The minimum Gasteiger partial charge on any atom is -0.497 e. The molecule has 0 radical (unpaired) electrons. The SMILES string of the molecule is COC(=O)c1ccc(-c2c(C(N)=O)c(C)n(CCc3ccc(OC)cc3)c2C)cc1. The first-order valence-electron chi connectivity index (χ1n) is 9.68. The minimum atomic E-state index is -0.467. The molecule has 0 fully saturated rings. The molecular weight excluding hydrogens is 380 g/mol. The molecule has 0 spiro atoms. The maximum atomic E-state index is 12.3. The lowest BCUT2D eigenvalue weighted by atomic mass is 9.99. The van der Waals surface area contributed by atoms with Crippen LogP contribution in [0, 0.1) is 13.8 Å². The van der Waals surface area contributed by atoms with E-state index in [1.807, 2.05) is 50.2 Å². The van der Waals surface area contributed by atoms with Gasteiger partial charge in [0, 0.05) is 23.5 Å². The Bertz CT molecular complexity index is 1060. The molecule has 1 aromatic heterocycles. The average molecular weight is 406 g/mol. The Morgan fingerprint density at radius 1 is 0.933 bits per heavy atom. The molecule has 0 aliphatic heterocycles. The van der Waals surface area contributed by atoms with E-state index in [0.29, 0.717) is 17.7 Å². The van der Waals surface area contributed by atoms with Gasteiger partial charge in [-0.15, -0.1) is 0 Å². The highest BCUT2D eigenvalue weighted by Crippen LogP contribution is 2.33. The number of carbonyl (C=O) groups is 2. The number of nitrogens with two attached hydrogens (primary N) is 1. The number of aryl methyl sites for hydroxylation is 1. The van der Waals surface area contributed by atoms with Gasteiger partial charge in [-0.25, -0.2) is 4.79 Å². The van der Waals surface area contributed by atoms with Crippen LogP contribution in [0.2, 0.25) is 0 Å². The van der Waals surface area contributed by atoms with Crippen LogP contribution in [-0.2, 0) is 17.7 Å². The molecule has 3 aromatic rings. The largest absolute Gasteiger partial charge is 0.497 e. The highest BCUT2D eigenvalue weighted by Gasteiger charge is 2.22. The second kappa shape index (κ2) is 8.86. The zero-order valence-electron chi connectivity index (χ0n) is 17.7. The van der Waals surface area contributed by atoms with Gasteiger partial charge >= 0.3 is 5.97 Å². The molecule has 2 aromatic carbocycles. The number of primary amides is 1. The van der Waals surface area contributed by atoms with E-state index < -0.39 is 11.9 Å². The highest BCUT2D eigenvalue weighted by atomic mass is 16.5. The number of esters is 1. The van der Waals surface area contributed by atoms with Crippen LogP contribution in [0.1, 0.15) is 37.7 Å². The molecule has 156 valence electrons. The van der Waals surface area contributed by atoms with Gasteiger partial charge in [0.05, 0.1) is 25.3 Å². The molecule has 0 atom stereocenters. The lowest BCUT2D eigenvalue weighted by Gasteiger charge is -2.11. The van der Waals surface area contributed by atoms with Crippen molar-refractivity contribution in [3.8, 4) is 16.9 Å². The predicted molar refractivity (Wildman–Crippen MR) is 116 cm³/mol. The van der Waals surface area contributed by atoms with Crippen LogP contribution in [0.15, 0.2) is 48.5 Å². The van der Waals surface area contributed by atoms with Gasteiger partial charge in [-0.3, -0.25) is 4.79 Å². The molecule has 0 unspecified atom stereocenters. The van der Waals surface area contributed by atoms with Crippen molar-refractivity contribution >= 4 is 11.9 Å². The molecule has 1 heterocycles. The Morgan fingerprint density at radius 2 is 1.57 bits per heavy atom. The van der Waals surface area contributed by atoms with E-state index in [4.69, 9.17) is 15.2 Å². The van der Waals surface area contributed by atoms with Gasteiger partial charge < -0.3 is 19.8 Å². The number of ether oxygens (including phenoxy) is 2. The van der Waals surface area contributed by atoms with E-state index in [9.17, 15) is 9.59 Å². The average Bonchev–Trinajstić information content (AvgIpc) is 3.02. The lowest BCUT2D eigenvalue weighted by Crippen LogP contribution is -2.14. The van der Waals surface area contributed by atoms with Gasteiger partial charge in [0.2, 0.25) is 0 Å². The highest BCUT2D eigenvalue weighted by molar-refractivity contribution is 6.02. The zero-order valence-corrected chi connectivity index (χ0v) is 17.7. The smallest absolute Gasteiger partial charge is 0.337 e. The number of rotatable bonds is 7. The third-order valence-electron chi connectivity index (χ3n) is 5.41. The summed E-state index contributed by atoms with van der Waals surface area (Å²) in [7, 11) is 2.99. The van der Waals surface area contributed by atoms with Gasteiger partial charge in [0.15, 0.2) is 0 Å². The van der Waals surface area contributed by atoms with Crippen LogP contribution in [0.25, 0.3) is 11.1 Å². The van der Waals surface area contributed by atoms with Gasteiger partial charge in [-0.2, -0.15) is 0 Å². The maximum absolute atomic E-state index is 12.3. The summed E-state index contributed by atoms with van der Waals surface area (Å²) in [5, 5.41) is 0. The molecule has 0 bridgehead atoms. The Labute approximate surface area is 176 Å². The number of benzene rings is 2. The number of hydrogen-bond donors (Lipinski definition) is 1. The van der Waals surface area contributed by atoms with Crippen molar-refractivity contribution < 1.29 is 19.1 Å². The van der Waals surface area contributed by atoms with Gasteiger partial charge in [-0.05, 0) is 55.7 Å². The lowest BCUT2D eigenvalue weighted by molar-refractivity contribution is 0.0600. The van der Waals surface area contributed by atoms with Crippen molar-refractivity contribution in [3.63, 3.8) is 0 Å². The van der Waals surface area contributed by atoms with Crippen molar-refractivity contribution in [2.24, 2.45) is 5.73 Å². The van der Waals surface area contributed by atoms with Crippen molar-refractivity contribution in [1.82, 2.24) is 4.57 Å². The normalized spacial score (nSPS) is 10.7. The fourth-order valence-electron chi connectivity index (χ4n) is 3.80. The Morgan fingerprint density at radius 3 is 2.10 bits per heavy atom. The molecule has 3 rings (SSSR count). The van der Waals surface area contributed by atoms with E-state index in [1.165, 1.54) is 12.7 Å². The summed E-state index contributed by atoms with van der Waals surface area (Å²) in [5.74, 6) is -0.0479. The third-order valence-corrected chi connectivity index (χ3v) is 5.41. The topological polar surface area (TPSA) is 83.5 Å². The molecule has 0 saturated carbocycles. The van der Waals surface area contributed by atoms with E-state index >= 15 is 0 Å². The summed E-state index contributed by atoms with van der Waals surface area (Å²) in [4.78, 5) is 24.0. The van der Waals surface area contributed by atoms with Crippen LogP contribution in [-0.4, -0.2) is 30.7 Å². The molecule has 1 amide bonds. The molecular formula is C24H26N2O4. The van der Waals surface area contributed by atoms with E-state index in [0.717, 1.165) is 34.7 Å². The summed E-state index contributed by atoms with van der Waals surface area (Å²) in [6, 6.07) is 15.0. The number of hydrogen-bond acceptors (Lipinski definition) is 4. The molecule has 0 saturated heterocycles. The quantitative estimate of drug-likeness (QED) is 0.603. The van der Waals surface area contributed by atoms with Crippen molar-refractivity contribution in [3.05, 3.63) is 76.6 Å². The number of aromatic nitrogens is 1. The Hall–Kier alpha value is -3.54. The fourth-order valence-corrected chi connectivity index (χ4v) is 3.80. The summed E-state index contributed by atoms with van der Waals surface area (Å²) < 4.78 is 12.1. The maximum Gasteiger partial charge on any atom is 0.337 e. The molecule has 6 heteroatoms. The molecule has 30 heavy (non-hydrogen) atoms. The Balaban J connectivity index is 1.96. The van der Waals surface area contributed by atoms with Gasteiger partial charge in [0.1, 0.15) is 5.75 Å². The summed E-state index contributed by atoms with van der Waals surface area (Å²) in [6.45, 7) is 4.61. The van der Waals surface area contributed by atoms with Crippen molar-refractivity contribution in [1.29, 1.82) is 0 Å². The second-order valence-corrected chi connectivity index (χ2v) is 7.10. The number of carbonyl (C=O) groups excluding carboxylic acids is 2. The predicted octanol–water partition coefficient (Wildman–Crippen LogP) is 3.91. The molecule has 2 N–H and O–H groups in total. The fraction of sp³-hybridized carbons (Fsp3) is 0.250. The van der Waals surface area contributed by atoms with Crippen LogP contribution in [0.5, 0.6) is 5.75 Å². The van der Waals surface area contributed by atoms with Crippen molar-refractivity contribution in [2.75, 3.05) is 14.2 Å². The first-order valence-corrected chi connectivity index (χ1v) is 9.68. The first-order chi connectivity index (χ1) is 14.4. The second-order valence-electron chi connectivity index (χ2n) is 7.10. The van der Waals surface area contributed by atoms with Crippen molar-refractivity contribution in [2.45, 2.75) is 26.8 Å². The van der Waals surface area contributed by atoms with Crippen LogP contribution in [0.3, 0.4) is 0 Å². The van der Waals surface area contributed by atoms with Gasteiger partial charge in [-0.1, -0.05) is 24.3 Å². The van der Waals surface area contributed by atoms with Gasteiger partial charge in [0.25, 0.3) is 5.91 Å². The third kappa shape index (κ3) is 4.08. The van der Waals surface area contributed by atoms with E-state index in [1.54, 1.807) is 19.2 Å². The summed E-state index contributed by atoms with van der Waals surface area (Å²) in [6.07, 6.45) is 0.805. The molecule has 0 aliphatic rings. The summed E-state index contributed by atoms with van der Waals surface area (Å²) in [5.41, 5.74) is 11.3. The Kier molecular flexibility index (Phi) is 6.26.